The molecule has 0 aliphatic carbocycles. The van der Waals surface area contributed by atoms with Gasteiger partial charge in [-0.15, -0.1) is 0 Å². The Kier molecular flexibility index (Phi) is 2.79. The summed E-state index contributed by atoms with van der Waals surface area (Å²) in [7, 11) is 1.31. The third kappa shape index (κ3) is 2.25. The Balaban J connectivity index is 2.59. The van der Waals surface area contributed by atoms with Gasteiger partial charge in [0.2, 0.25) is 0 Å². The van der Waals surface area contributed by atoms with Crippen molar-refractivity contribution in [2.24, 2.45) is 0 Å². The van der Waals surface area contributed by atoms with Crippen LogP contribution in [0.25, 0.3) is 11.3 Å². The Morgan fingerprint density at radius 1 is 1.24 bits per heavy atom. The van der Waals surface area contributed by atoms with E-state index in [0.29, 0.717) is 0 Å². The average molecular weight is 243 g/mol. The molecule has 0 aliphatic heterocycles. The number of methoxy groups -OCH3 is 1. The predicted octanol–water partition coefficient (Wildman–Crippen LogP) is 3.37. The van der Waals surface area contributed by atoms with Gasteiger partial charge in [0.1, 0.15) is 17.7 Å². The maximum atomic E-state index is 12.8. The molecule has 0 saturated carbocycles. The fourth-order valence-electron chi connectivity index (χ4n) is 1.46. The minimum absolute atomic E-state index is 0.0351. The maximum Gasteiger partial charge on any atom is 0.417 e. The summed E-state index contributed by atoms with van der Waals surface area (Å²) < 4.78 is 47.9. The van der Waals surface area contributed by atoms with E-state index >= 15 is 0 Å². The second-order valence-electron chi connectivity index (χ2n) is 3.29. The molecule has 0 unspecified atom stereocenters. The summed E-state index contributed by atoms with van der Waals surface area (Å²) >= 11 is 0. The fourth-order valence-corrected chi connectivity index (χ4v) is 1.46. The molecule has 0 saturated heterocycles. The number of rotatable bonds is 2. The van der Waals surface area contributed by atoms with Crippen LogP contribution in [0.4, 0.5) is 13.2 Å². The van der Waals surface area contributed by atoms with Crippen LogP contribution in [0.3, 0.4) is 0 Å². The van der Waals surface area contributed by atoms with Gasteiger partial charge >= 0.3 is 6.18 Å². The van der Waals surface area contributed by atoms with Gasteiger partial charge in [-0.2, -0.15) is 13.2 Å². The molecule has 0 fully saturated rings. The zero-order valence-electron chi connectivity index (χ0n) is 8.78. The molecule has 6 heteroatoms. The van der Waals surface area contributed by atoms with E-state index in [4.69, 9.17) is 4.74 Å². The molecule has 0 atom stereocenters. The first-order valence-electron chi connectivity index (χ1n) is 4.68. The maximum absolute atomic E-state index is 12.8. The topological polar surface area (TPSA) is 35.3 Å². The lowest BCUT2D eigenvalue weighted by molar-refractivity contribution is -0.137. The highest BCUT2D eigenvalue weighted by atomic mass is 19.4. The minimum Gasteiger partial charge on any atom is -0.497 e. The largest absolute Gasteiger partial charge is 0.497 e. The zero-order valence-corrected chi connectivity index (χ0v) is 8.78. The highest BCUT2D eigenvalue weighted by Crippen LogP contribution is 2.38. The molecule has 2 rings (SSSR count). The Labute approximate surface area is 94.8 Å². The lowest BCUT2D eigenvalue weighted by Gasteiger charge is -2.12. The van der Waals surface area contributed by atoms with E-state index in [2.05, 4.69) is 9.68 Å². The van der Waals surface area contributed by atoms with Gasteiger partial charge in [-0.25, -0.2) is 0 Å². The summed E-state index contributed by atoms with van der Waals surface area (Å²) in [6, 6.07) is 5.06. The second-order valence-corrected chi connectivity index (χ2v) is 3.29. The van der Waals surface area contributed by atoms with Gasteiger partial charge in [-0.1, -0.05) is 5.16 Å². The van der Waals surface area contributed by atoms with Crippen LogP contribution in [-0.2, 0) is 6.18 Å². The summed E-state index contributed by atoms with van der Waals surface area (Å²) in [5.41, 5.74) is -0.697. The van der Waals surface area contributed by atoms with Crippen LogP contribution in [-0.4, -0.2) is 12.3 Å². The molecule has 0 spiro atoms. The molecule has 1 heterocycles. The van der Waals surface area contributed by atoms with Crippen LogP contribution in [0.15, 0.2) is 35.1 Å². The Morgan fingerprint density at radius 3 is 2.53 bits per heavy atom. The van der Waals surface area contributed by atoms with E-state index in [1.165, 1.54) is 31.6 Å². The Bertz CT molecular complexity index is 506. The number of halogens is 3. The molecule has 90 valence electrons. The minimum atomic E-state index is -4.47. The van der Waals surface area contributed by atoms with Crippen molar-refractivity contribution in [2.45, 2.75) is 6.18 Å². The van der Waals surface area contributed by atoms with E-state index in [9.17, 15) is 13.2 Å². The summed E-state index contributed by atoms with van der Waals surface area (Å²) in [5.74, 6) is 0.143. The van der Waals surface area contributed by atoms with E-state index in [1.807, 2.05) is 0 Å². The molecule has 0 aliphatic rings. The van der Waals surface area contributed by atoms with Gasteiger partial charge in [0, 0.05) is 11.6 Å². The van der Waals surface area contributed by atoms with E-state index in [0.717, 1.165) is 6.07 Å². The Hall–Kier alpha value is -1.98. The third-order valence-corrected chi connectivity index (χ3v) is 2.25. The fraction of sp³-hybridized carbons (Fsp3) is 0.182. The summed E-state index contributed by atoms with van der Waals surface area (Å²) in [6.07, 6.45) is -3.25. The smallest absolute Gasteiger partial charge is 0.417 e. The monoisotopic (exact) mass is 243 g/mol. The third-order valence-electron chi connectivity index (χ3n) is 2.25. The van der Waals surface area contributed by atoms with Gasteiger partial charge in [-0.3, -0.25) is 0 Å². The number of benzene rings is 1. The van der Waals surface area contributed by atoms with Crippen LogP contribution < -0.4 is 4.74 Å². The van der Waals surface area contributed by atoms with Crippen molar-refractivity contribution in [3.63, 3.8) is 0 Å². The van der Waals surface area contributed by atoms with Gasteiger partial charge in [0.05, 0.1) is 12.7 Å². The second kappa shape index (κ2) is 4.12. The molecule has 0 bridgehead atoms. The van der Waals surface area contributed by atoms with Gasteiger partial charge in [0.25, 0.3) is 0 Å². The predicted molar refractivity (Wildman–Crippen MR) is 53.5 cm³/mol. The van der Waals surface area contributed by atoms with E-state index in [1.54, 1.807) is 0 Å². The first-order valence-corrected chi connectivity index (χ1v) is 4.68. The number of alkyl halides is 3. The SMILES string of the molecule is COc1ccc(-c2ccon2)c(C(F)(F)F)c1. The molecular weight excluding hydrogens is 235 g/mol. The average Bonchev–Trinajstić information content (AvgIpc) is 2.80. The van der Waals surface area contributed by atoms with Crippen molar-refractivity contribution >= 4 is 0 Å². The zero-order chi connectivity index (χ0) is 12.5. The standard InChI is InChI=1S/C11H8F3NO2/c1-16-7-2-3-8(10-4-5-17-15-10)9(6-7)11(12,13)14/h2-6H,1H3. The quantitative estimate of drug-likeness (QED) is 0.811. The lowest BCUT2D eigenvalue weighted by atomic mass is 10.0. The van der Waals surface area contributed by atoms with Crippen LogP contribution in [0.5, 0.6) is 5.75 Å². The molecule has 1 aromatic carbocycles. The molecular formula is C11H8F3NO2. The lowest BCUT2D eigenvalue weighted by Crippen LogP contribution is -2.07. The first kappa shape index (κ1) is 11.5. The van der Waals surface area contributed by atoms with Crippen molar-refractivity contribution in [3.8, 4) is 17.0 Å². The van der Waals surface area contributed by atoms with Gasteiger partial charge in [0.15, 0.2) is 0 Å². The first-order chi connectivity index (χ1) is 8.02. The number of nitrogens with zero attached hydrogens (tertiary/aromatic N) is 1. The summed E-state index contributed by atoms with van der Waals surface area (Å²) in [5, 5.41) is 3.50. The molecule has 17 heavy (non-hydrogen) atoms. The summed E-state index contributed by atoms with van der Waals surface area (Å²) in [6.45, 7) is 0. The van der Waals surface area contributed by atoms with Crippen molar-refractivity contribution in [1.29, 1.82) is 0 Å². The molecule has 0 amide bonds. The number of ether oxygens (including phenoxy) is 1. The normalized spacial score (nSPS) is 11.5. The van der Waals surface area contributed by atoms with Crippen molar-refractivity contribution in [2.75, 3.05) is 7.11 Å². The number of aromatic nitrogens is 1. The van der Waals surface area contributed by atoms with Gasteiger partial charge < -0.3 is 9.26 Å². The van der Waals surface area contributed by atoms with Crippen molar-refractivity contribution in [1.82, 2.24) is 5.16 Å². The van der Waals surface area contributed by atoms with Crippen molar-refractivity contribution < 1.29 is 22.4 Å². The molecule has 0 N–H and O–H groups in total. The van der Waals surface area contributed by atoms with Crippen LogP contribution in [0.1, 0.15) is 5.56 Å². The summed E-state index contributed by atoms with van der Waals surface area (Å²) in [4.78, 5) is 0. The molecule has 3 nitrogen and oxygen atoms in total. The molecule has 1 aromatic heterocycles. The number of hydrogen-bond donors (Lipinski definition) is 0. The van der Waals surface area contributed by atoms with Crippen LogP contribution in [0, 0.1) is 0 Å². The Morgan fingerprint density at radius 2 is 2.00 bits per heavy atom. The molecule has 0 radical (unpaired) electrons. The van der Waals surface area contributed by atoms with Crippen LogP contribution in [0.2, 0.25) is 0 Å². The van der Waals surface area contributed by atoms with E-state index in [-0.39, 0.29) is 17.0 Å². The van der Waals surface area contributed by atoms with Crippen LogP contribution >= 0.6 is 0 Å². The van der Waals surface area contributed by atoms with E-state index < -0.39 is 11.7 Å². The highest BCUT2D eigenvalue weighted by Gasteiger charge is 2.34. The molecule has 2 aromatic rings. The highest BCUT2D eigenvalue weighted by molar-refractivity contribution is 5.65. The van der Waals surface area contributed by atoms with Crippen molar-refractivity contribution in [3.05, 3.63) is 36.1 Å². The van der Waals surface area contributed by atoms with Gasteiger partial charge in [-0.05, 0) is 18.2 Å². The number of hydrogen-bond acceptors (Lipinski definition) is 3.